The minimum absolute atomic E-state index is 0.134. The van der Waals surface area contributed by atoms with E-state index in [4.69, 9.17) is 0 Å². The first-order chi connectivity index (χ1) is 12.7. The van der Waals surface area contributed by atoms with Gasteiger partial charge in [-0.05, 0) is 47.6 Å². The van der Waals surface area contributed by atoms with E-state index in [1.54, 1.807) is 11.3 Å². The predicted molar refractivity (Wildman–Crippen MR) is 113 cm³/mol. The highest BCUT2D eigenvalue weighted by molar-refractivity contribution is 14.1. The van der Waals surface area contributed by atoms with Crippen LogP contribution in [0.15, 0.2) is 24.3 Å². The quantitative estimate of drug-likeness (QED) is 0.617. The van der Waals surface area contributed by atoms with Gasteiger partial charge in [-0.25, -0.2) is 0 Å². The molecule has 26 heavy (non-hydrogen) atoms. The smallest absolute Gasteiger partial charge is 0.255 e. The molecule has 1 aliphatic heterocycles. The van der Waals surface area contributed by atoms with Crippen LogP contribution in [0.4, 0.5) is 5.13 Å². The number of benzene rings is 1. The average Bonchev–Trinajstić information content (AvgIpc) is 3.19. The van der Waals surface area contributed by atoms with Crippen LogP contribution in [0.5, 0.6) is 0 Å². The van der Waals surface area contributed by atoms with Gasteiger partial charge in [-0.15, -0.1) is 10.2 Å². The van der Waals surface area contributed by atoms with Crippen LogP contribution >= 0.6 is 33.9 Å². The molecule has 1 aromatic carbocycles. The van der Waals surface area contributed by atoms with Crippen molar-refractivity contribution in [2.24, 2.45) is 0 Å². The highest BCUT2D eigenvalue weighted by Gasteiger charge is 2.26. The molecule has 138 valence electrons. The molecule has 1 amide bonds. The van der Waals surface area contributed by atoms with Gasteiger partial charge in [-0.1, -0.05) is 42.7 Å². The fraction of sp³-hybridized carbons (Fsp3) is 0.526. The van der Waals surface area contributed by atoms with Crippen LogP contribution in [0, 0.1) is 3.57 Å². The second-order valence-electron chi connectivity index (χ2n) is 7.02. The van der Waals surface area contributed by atoms with E-state index in [1.807, 2.05) is 29.2 Å². The molecule has 0 N–H and O–H groups in total. The molecular formula is C19H23IN4OS. The molecule has 1 saturated heterocycles. The number of hydrogen-bond acceptors (Lipinski definition) is 5. The Kier molecular flexibility index (Phi) is 5.73. The summed E-state index contributed by atoms with van der Waals surface area (Å²) in [6, 6.07) is 7.80. The van der Waals surface area contributed by atoms with Gasteiger partial charge in [-0.2, -0.15) is 0 Å². The Morgan fingerprint density at radius 2 is 1.77 bits per heavy atom. The molecule has 0 bridgehead atoms. The van der Waals surface area contributed by atoms with Crippen molar-refractivity contribution < 1.29 is 4.79 Å². The minimum atomic E-state index is 0.134. The number of carbonyl (C=O) groups excluding carboxylic acids is 1. The van der Waals surface area contributed by atoms with Crippen molar-refractivity contribution in [1.29, 1.82) is 0 Å². The summed E-state index contributed by atoms with van der Waals surface area (Å²) in [5.74, 6) is 0.743. The van der Waals surface area contributed by atoms with Crippen molar-refractivity contribution in [3.05, 3.63) is 38.4 Å². The van der Waals surface area contributed by atoms with E-state index >= 15 is 0 Å². The van der Waals surface area contributed by atoms with Gasteiger partial charge in [0.05, 0.1) is 5.56 Å². The van der Waals surface area contributed by atoms with Crippen molar-refractivity contribution in [1.82, 2.24) is 15.1 Å². The van der Waals surface area contributed by atoms with Crippen LogP contribution in [0.25, 0.3) is 0 Å². The summed E-state index contributed by atoms with van der Waals surface area (Å²) in [5.41, 5.74) is 0.803. The SMILES string of the molecule is O=C(c1ccccc1I)N1CCN(c2nnc(C3CCCCC3)s2)CC1. The number of halogens is 1. The van der Waals surface area contributed by atoms with Gasteiger partial charge in [0.15, 0.2) is 0 Å². The number of nitrogens with zero attached hydrogens (tertiary/aromatic N) is 4. The topological polar surface area (TPSA) is 49.3 Å². The van der Waals surface area contributed by atoms with Gasteiger partial charge < -0.3 is 9.80 Å². The first-order valence-electron chi connectivity index (χ1n) is 9.34. The minimum Gasteiger partial charge on any atom is -0.343 e. The second-order valence-corrected chi connectivity index (χ2v) is 9.17. The molecule has 0 atom stereocenters. The van der Waals surface area contributed by atoms with E-state index in [9.17, 15) is 4.79 Å². The van der Waals surface area contributed by atoms with Crippen molar-refractivity contribution >= 4 is 45.0 Å². The molecule has 0 radical (unpaired) electrons. The van der Waals surface area contributed by atoms with Crippen molar-refractivity contribution in [2.75, 3.05) is 31.1 Å². The summed E-state index contributed by atoms with van der Waals surface area (Å²) in [4.78, 5) is 17.0. The lowest BCUT2D eigenvalue weighted by Gasteiger charge is -2.34. The molecule has 1 saturated carbocycles. The van der Waals surface area contributed by atoms with E-state index in [2.05, 4.69) is 37.7 Å². The van der Waals surface area contributed by atoms with Crippen molar-refractivity contribution in [3.8, 4) is 0 Å². The fourth-order valence-corrected chi connectivity index (χ4v) is 5.46. The Balaban J connectivity index is 1.37. The maximum Gasteiger partial charge on any atom is 0.255 e. The zero-order chi connectivity index (χ0) is 17.9. The van der Waals surface area contributed by atoms with Crippen LogP contribution < -0.4 is 4.90 Å². The Labute approximate surface area is 171 Å². The zero-order valence-corrected chi connectivity index (χ0v) is 17.7. The Hall–Kier alpha value is -1.22. The Bertz CT molecular complexity index is 766. The number of rotatable bonds is 3. The second kappa shape index (κ2) is 8.21. The molecule has 2 aromatic rings. The number of hydrogen-bond donors (Lipinski definition) is 0. The summed E-state index contributed by atoms with van der Waals surface area (Å²) < 4.78 is 1.01. The van der Waals surface area contributed by atoms with Gasteiger partial charge in [0.1, 0.15) is 5.01 Å². The van der Waals surface area contributed by atoms with Gasteiger partial charge >= 0.3 is 0 Å². The third kappa shape index (κ3) is 3.88. The molecule has 5 nitrogen and oxygen atoms in total. The lowest BCUT2D eigenvalue weighted by Crippen LogP contribution is -2.49. The van der Waals surface area contributed by atoms with Crippen molar-refractivity contribution in [2.45, 2.75) is 38.0 Å². The van der Waals surface area contributed by atoms with Crippen LogP contribution in [0.2, 0.25) is 0 Å². The van der Waals surface area contributed by atoms with E-state index in [-0.39, 0.29) is 5.91 Å². The normalized spacial score (nSPS) is 19.0. The molecule has 2 fully saturated rings. The third-order valence-corrected chi connectivity index (χ3v) is 7.41. The first-order valence-corrected chi connectivity index (χ1v) is 11.2. The molecule has 0 unspecified atom stereocenters. The van der Waals surface area contributed by atoms with Crippen LogP contribution in [-0.4, -0.2) is 47.2 Å². The summed E-state index contributed by atoms with van der Waals surface area (Å²) in [6.45, 7) is 3.13. The summed E-state index contributed by atoms with van der Waals surface area (Å²) in [6.07, 6.45) is 6.51. The van der Waals surface area contributed by atoms with E-state index < -0.39 is 0 Å². The van der Waals surface area contributed by atoms with Crippen molar-refractivity contribution in [3.63, 3.8) is 0 Å². The number of anilines is 1. The fourth-order valence-electron chi connectivity index (χ4n) is 3.77. The van der Waals surface area contributed by atoms with Gasteiger partial charge in [-0.3, -0.25) is 4.79 Å². The maximum atomic E-state index is 12.8. The number of piperazine rings is 1. The number of amides is 1. The van der Waals surface area contributed by atoms with Crippen LogP contribution in [0.3, 0.4) is 0 Å². The Morgan fingerprint density at radius 3 is 2.50 bits per heavy atom. The lowest BCUT2D eigenvalue weighted by atomic mass is 9.90. The number of carbonyl (C=O) groups is 1. The zero-order valence-electron chi connectivity index (χ0n) is 14.7. The largest absolute Gasteiger partial charge is 0.343 e. The standard InChI is InChI=1S/C19H23IN4OS/c20-16-9-5-4-8-15(16)18(25)23-10-12-24(13-11-23)19-22-21-17(26-19)14-6-2-1-3-7-14/h4-5,8-9,14H,1-3,6-7,10-13H2. The number of aromatic nitrogens is 2. The van der Waals surface area contributed by atoms with Crippen LogP contribution in [0.1, 0.15) is 53.4 Å². The molecule has 7 heteroatoms. The first kappa shape index (κ1) is 18.2. The van der Waals surface area contributed by atoms with E-state index in [1.165, 1.54) is 37.1 Å². The van der Waals surface area contributed by atoms with Gasteiger partial charge in [0, 0.05) is 35.7 Å². The summed E-state index contributed by atoms with van der Waals surface area (Å²) in [5, 5.41) is 11.1. The third-order valence-electron chi connectivity index (χ3n) is 5.33. The monoisotopic (exact) mass is 482 g/mol. The average molecular weight is 482 g/mol. The molecule has 2 aliphatic rings. The maximum absolute atomic E-state index is 12.8. The summed E-state index contributed by atoms with van der Waals surface area (Å²) in [7, 11) is 0. The van der Waals surface area contributed by atoms with E-state index in [0.717, 1.165) is 40.4 Å². The Morgan fingerprint density at radius 1 is 1.04 bits per heavy atom. The summed E-state index contributed by atoms with van der Waals surface area (Å²) >= 11 is 3.99. The highest BCUT2D eigenvalue weighted by atomic mass is 127. The van der Waals surface area contributed by atoms with Gasteiger partial charge in [0.25, 0.3) is 5.91 Å². The lowest BCUT2D eigenvalue weighted by molar-refractivity contribution is 0.0745. The van der Waals surface area contributed by atoms with E-state index in [0.29, 0.717) is 5.92 Å². The molecule has 4 rings (SSSR count). The predicted octanol–water partition coefficient (Wildman–Crippen LogP) is 4.15. The molecule has 1 aliphatic carbocycles. The molecule has 0 spiro atoms. The van der Waals surface area contributed by atoms with Gasteiger partial charge in [0.2, 0.25) is 5.13 Å². The molecule has 1 aromatic heterocycles. The highest BCUT2D eigenvalue weighted by Crippen LogP contribution is 2.36. The molecule has 2 heterocycles. The molecular weight excluding hydrogens is 459 g/mol. The van der Waals surface area contributed by atoms with Crippen LogP contribution in [-0.2, 0) is 0 Å².